The summed E-state index contributed by atoms with van der Waals surface area (Å²) >= 11 is 0. The molecule has 4 aliphatic carbocycles. The molecule has 0 saturated heterocycles. The molecule has 13 amide bonds. The van der Waals surface area contributed by atoms with E-state index in [9.17, 15) is 62.3 Å². The highest BCUT2D eigenvalue weighted by Gasteiger charge is 2.31. The van der Waals surface area contributed by atoms with Crippen LogP contribution < -0.4 is 87.2 Å². The number of hydrogen-bond donors (Lipinski definition) is 16. The number of unbranched alkanes of at least 4 members (excludes halogenated alkanes) is 5. The predicted molar refractivity (Wildman–Crippen MR) is 339 cm³/mol. The third kappa shape index (κ3) is 39.0. The molecule has 516 valence electrons. The van der Waals surface area contributed by atoms with E-state index in [1.165, 1.54) is 18.7 Å². The highest BCUT2D eigenvalue weighted by atomic mass is 16.2. The molecule has 4 fully saturated rings. The van der Waals surface area contributed by atoms with Crippen LogP contribution in [0.2, 0.25) is 0 Å². The standard InChI is InChI=1S/C35H62N10O8.C25H46N8O5/c1-23(46)38-17-6-5-11-29(42-24(2)47)35(53)41-20-16-32(50)45(21-30(48)39-18-7-3-9-27(33(36)51)43-25-12-13-25)22-31(49)40-19-8-4-10-28(34(37)52)44-26-14-15-26;26-12-11-23(36)33(15-21(34)29-13-3-1-5-19(24(27)37)31-17-7-8-17)16-22(35)30-14-4-2-6-20(25(28)38)32-18-9-10-18/h25-29,43-44H,3-22H2,1-2H3,(H2,36,51)(H2,37,52)(H,38,46)(H,39,48)(H,40,49)(H,41,53)(H,42,47);17-20,31-32H,1-16,26H2,(H2,27,37)(H2,28,38)(H,29,34)(H,30,35)/t27?,28?,29-;/m0./s1. The number of carbonyl (C=O) groups excluding carboxylic acids is 13. The minimum atomic E-state index is -0.835. The lowest BCUT2D eigenvalue weighted by Gasteiger charge is -2.23. The van der Waals surface area contributed by atoms with E-state index in [0.29, 0.717) is 153 Å². The number of carbonyl (C=O) groups is 13. The van der Waals surface area contributed by atoms with Crippen molar-refractivity contribution in [1.82, 2.24) is 68.3 Å². The quantitative estimate of drug-likeness (QED) is 0.0257. The zero-order chi connectivity index (χ0) is 67.1. The molecular weight excluding hydrogens is 1180 g/mol. The number of nitrogens with two attached hydrogens (primary N) is 5. The highest BCUT2D eigenvalue weighted by Crippen LogP contribution is 2.23. The molecule has 0 heterocycles. The summed E-state index contributed by atoms with van der Waals surface area (Å²) in [5.41, 5.74) is 27.4. The molecule has 91 heavy (non-hydrogen) atoms. The van der Waals surface area contributed by atoms with Crippen molar-refractivity contribution in [3.63, 3.8) is 0 Å². The SMILES string of the molecule is CC(=O)NCCCC[C@H](NC(C)=O)C(=O)NCCC(=O)N(CC(=O)NCCCCC(NC1CC1)C(N)=O)CC(=O)NCCCCC(NC1CC1)C(N)=O.NCCC(=O)N(CC(=O)NCCCCC(NC1CC1)C(N)=O)CC(=O)NCCCCC(NC1CC1)C(N)=O. The first-order valence-corrected chi connectivity index (χ1v) is 32.8. The molecule has 0 aromatic carbocycles. The largest absolute Gasteiger partial charge is 0.368 e. The number of rotatable bonds is 52. The van der Waals surface area contributed by atoms with Crippen LogP contribution in [0.5, 0.6) is 0 Å². The lowest BCUT2D eigenvalue weighted by Crippen LogP contribution is -2.48. The van der Waals surface area contributed by atoms with Crippen molar-refractivity contribution >= 4 is 76.8 Å². The summed E-state index contributed by atoms with van der Waals surface area (Å²) in [4.78, 5) is 161. The van der Waals surface area contributed by atoms with E-state index < -0.39 is 59.5 Å². The normalized spacial score (nSPS) is 15.7. The summed E-state index contributed by atoms with van der Waals surface area (Å²) in [6.45, 7) is 3.29. The van der Waals surface area contributed by atoms with Gasteiger partial charge in [-0.15, -0.1) is 0 Å². The van der Waals surface area contributed by atoms with Gasteiger partial charge in [-0.25, -0.2) is 0 Å². The Hall–Kier alpha value is -7.09. The molecule has 21 N–H and O–H groups in total. The molecule has 4 aliphatic rings. The van der Waals surface area contributed by atoms with Crippen molar-refractivity contribution in [1.29, 1.82) is 0 Å². The Labute approximate surface area is 535 Å². The summed E-state index contributed by atoms with van der Waals surface area (Å²) in [7, 11) is 0. The minimum absolute atomic E-state index is 0.0333. The fourth-order valence-corrected chi connectivity index (χ4v) is 9.66. The van der Waals surface area contributed by atoms with Crippen molar-refractivity contribution in [2.24, 2.45) is 28.7 Å². The minimum Gasteiger partial charge on any atom is -0.368 e. The molecule has 31 nitrogen and oxygen atoms in total. The topological polar surface area (TPSA) is 491 Å². The van der Waals surface area contributed by atoms with Gasteiger partial charge in [0.2, 0.25) is 76.8 Å². The van der Waals surface area contributed by atoms with Gasteiger partial charge in [-0.3, -0.25) is 62.3 Å². The monoisotopic (exact) mass is 1290 g/mol. The van der Waals surface area contributed by atoms with Crippen molar-refractivity contribution in [3.8, 4) is 0 Å². The van der Waals surface area contributed by atoms with Crippen LogP contribution in [0, 0.1) is 0 Å². The first-order valence-electron chi connectivity index (χ1n) is 32.8. The van der Waals surface area contributed by atoms with E-state index >= 15 is 0 Å². The Morgan fingerprint density at radius 3 is 0.879 bits per heavy atom. The smallest absolute Gasteiger partial charge is 0.242 e. The van der Waals surface area contributed by atoms with Gasteiger partial charge in [0.05, 0.1) is 24.2 Å². The molecule has 4 rings (SSSR count). The van der Waals surface area contributed by atoms with Gasteiger partial charge in [0.15, 0.2) is 0 Å². The molecule has 4 unspecified atom stereocenters. The van der Waals surface area contributed by atoms with Crippen LogP contribution in [-0.4, -0.2) is 213 Å². The van der Waals surface area contributed by atoms with Crippen molar-refractivity contribution in [2.75, 3.05) is 72.0 Å². The summed E-state index contributed by atoms with van der Waals surface area (Å²) in [5.74, 6) is -5.16. The fourth-order valence-electron chi connectivity index (χ4n) is 9.66. The predicted octanol–water partition coefficient (Wildman–Crippen LogP) is -4.13. The second-order valence-corrected chi connectivity index (χ2v) is 24.3. The third-order valence-electron chi connectivity index (χ3n) is 15.4. The van der Waals surface area contributed by atoms with Gasteiger partial charge >= 0.3 is 0 Å². The van der Waals surface area contributed by atoms with Crippen molar-refractivity contribution in [2.45, 2.75) is 229 Å². The van der Waals surface area contributed by atoms with E-state index in [4.69, 9.17) is 28.7 Å². The number of hydrogen-bond acceptors (Lipinski definition) is 18. The van der Waals surface area contributed by atoms with Crippen LogP contribution in [0.3, 0.4) is 0 Å². The maximum atomic E-state index is 13.3. The van der Waals surface area contributed by atoms with E-state index in [1.54, 1.807) is 0 Å². The zero-order valence-corrected chi connectivity index (χ0v) is 53.7. The van der Waals surface area contributed by atoms with Crippen LogP contribution in [0.4, 0.5) is 0 Å². The molecule has 4 saturated carbocycles. The summed E-state index contributed by atoms with van der Waals surface area (Å²) in [6, 6.07) is -0.968. The molecule has 0 radical (unpaired) electrons. The van der Waals surface area contributed by atoms with Gasteiger partial charge in [0.25, 0.3) is 0 Å². The number of primary amides is 4. The molecule has 0 aromatic rings. The summed E-state index contributed by atoms with van der Waals surface area (Å²) < 4.78 is 0. The average molecular weight is 1290 g/mol. The van der Waals surface area contributed by atoms with E-state index in [1.807, 2.05) is 0 Å². The Balaban J connectivity index is 0.000000501. The average Bonchev–Trinajstić information content (AvgIpc) is 2.65. The number of nitrogens with one attached hydrogen (secondary N) is 11. The van der Waals surface area contributed by atoms with Gasteiger partial charge in [0.1, 0.15) is 32.2 Å². The molecule has 31 heteroatoms. The van der Waals surface area contributed by atoms with Gasteiger partial charge in [-0.2, -0.15) is 0 Å². The number of nitrogens with zero attached hydrogens (tertiary/aromatic N) is 2. The van der Waals surface area contributed by atoms with E-state index in [2.05, 4.69) is 58.5 Å². The maximum Gasteiger partial charge on any atom is 0.242 e. The van der Waals surface area contributed by atoms with Crippen molar-refractivity contribution in [3.05, 3.63) is 0 Å². The second-order valence-electron chi connectivity index (χ2n) is 24.3. The van der Waals surface area contributed by atoms with Crippen LogP contribution in [0.15, 0.2) is 0 Å². The fraction of sp³-hybridized carbons (Fsp3) is 0.783. The second kappa shape index (κ2) is 44.4. The van der Waals surface area contributed by atoms with Crippen LogP contribution in [0.1, 0.15) is 174 Å². The van der Waals surface area contributed by atoms with Crippen LogP contribution in [0.25, 0.3) is 0 Å². The molecule has 0 spiro atoms. The first-order chi connectivity index (χ1) is 43.4. The molecule has 0 aliphatic heterocycles. The van der Waals surface area contributed by atoms with E-state index in [0.717, 1.165) is 56.3 Å². The molecule has 5 atom stereocenters. The summed E-state index contributed by atoms with van der Waals surface area (Å²) in [6.07, 6.45) is 17.1. The van der Waals surface area contributed by atoms with Gasteiger partial charge < -0.3 is 97.0 Å². The molecule has 0 aromatic heterocycles. The lowest BCUT2D eigenvalue weighted by molar-refractivity contribution is -0.139. The number of amides is 13. The maximum absolute atomic E-state index is 13.3. The van der Waals surface area contributed by atoms with Crippen molar-refractivity contribution < 1.29 is 62.3 Å². The Kier molecular flexibility index (Phi) is 38.1. The third-order valence-corrected chi connectivity index (χ3v) is 15.4. The van der Waals surface area contributed by atoms with Gasteiger partial charge in [-0.05, 0) is 148 Å². The highest BCUT2D eigenvalue weighted by molar-refractivity contribution is 5.91. The Morgan fingerprint density at radius 1 is 0.352 bits per heavy atom. The Morgan fingerprint density at radius 2 is 0.626 bits per heavy atom. The van der Waals surface area contributed by atoms with Crippen LogP contribution >= 0.6 is 0 Å². The van der Waals surface area contributed by atoms with Crippen LogP contribution in [-0.2, 0) is 62.3 Å². The zero-order valence-electron chi connectivity index (χ0n) is 53.7. The molecule has 0 bridgehead atoms. The van der Waals surface area contributed by atoms with Gasteiger partial charge in [0, 0.05) is 96.7 Å². The summed E-state index contributed by atoms with van der Waals surface area (Å²) in [5, 5.41) is 31.9. The lowest BCUT2D eigenvalue weighted by atomic mass is 10.1. The first kappa shape index (κ1) is 78.2. The molecular formula is C60H108N18O13. The van der Waals surface area contributed by atoms with E-state index in [-0.39, 0.29) is 99.6 Å². The Bertz CT molecular complexity index is 2240. The van der Waals surface area contributed by atoms with Gasteiger partial charge in [-0.1, -0.05) is 0 Å².